The minimum atomic E-state index is 0.717. The highest BCUT2D eigenvalue weighted by Crippen LogP contribution is 2.11. The van der Waals surface area contributed by atoms with E-state index in [4.69, 9.17) is 0 Å². The fourth-order valence-electron chi connectivity index (χ4n) is 1.30. The minimum absolute atomic E-state index is 0.717. The average molecular weight is 231 g/mol. The Kier molecular flexibility index (Phi) is 4.36. The summed E-state index contributed by atoms with van der Waals surface area (Å²) >= 11 is 3.52. The van der Waals surface area contributed by atoms with Gasteiger partial charge in [0.05, 0.1) is 0 Å². The topological polar surface area (TPSA) is 17.8 Å². The third-order valence-electron chi connectivity index (χ3n) is 1.92. The highest BCUT2D eigenvalue weighted by molar-refractivity contribution is 9.09. The van der Waals surface area contributed by atoms with Crippen LogP contribution in [-0.4, -0.2) is 15.1 Å². The van der Waals surface area contributed by atoms with Crippen LogP contribution in [0.4, 0.5) is 0 Å². The van der Waals surface area contributed by atoms with Crippen LogP contribution in [0.1, 0.15) is 19.8 Å². The van der Waals surface area contributed by atoms with Crippen molar-refractivity contribution in [2.75, 3.05) is 5.33 Å². The summed E-state index contributed by atoms with van der Waals surface area (Å²) in [5, 5.41) is 5.25. The van der Waals surface area contributed by atoms with Crippen LogP contribution >= 0.6 is 15.9 Å². The zero-order valence-electron chi connectivity index (χ0n) is 7.41. The van der Waals surface area contributed by atoms with E-state index < -0.39 is 0 Å². The Morgan fingerprint density at radius 2 is 2.42 bits per heavy atom. The van der Waals surface area contributed by atoms with Gasteiger partial charge in [-0.3, -0.25) is 4.68 Å². The van der Waals surface area contributed by atoms with Crippen LogP contribution in [-0.2, 0) is 6.54 Å². The zero-order valence-corrected chi connectivity index (χ0v) is 9.00. The number of aromatic nitrogens is 2. The number of hydrogen-bond acceptors (Lipinski definition) is 1. The van der Waals surface area contributed by atoms with Crippen molar-refractivity contribution >= 4 is 15.9 Å². The maximum atomic E-state index is 4.18. The monoisotopic (exact) mass is 230 g/mol. The number of halogens is 1. The number of nitrogens with zero attached hydrogens (tertiary/aromatic N) is 2. The quantitative estimate of drug-likeness (QED) is 0.712. The lowest BCUT2D eigenvalue weighted by molar-refractivity contribution is 0.429. The molecule has 1 rings (SSSR count). The van der Waals surface area contributed by atoms with Gasteiger partial charge in [-0.1, -0.05) is 29.3 Å². The van der Waals surface area contributed by atoms with Gasteiger partial charge in [-0.25, -0.2) is 0 Å². The molecule has 1 heterocycles. The minimum Gasteiger partial charge on any atom is -0.272 e. The van der Waals surface area contributed by atoms with Gasteiger partial charge in [-0.05, 0) is 18.4 Å². The second-order valence-corrected chi connectivity index (χ2v) is 3.68. The van der Waals surface area contributed by atoms with Crippen LogP contribution in [0.25, 0.3) is 0 Å². The van der Waals surface area contributed by atoms with Gasteiger partial charge in [-0.15, -0.1) is 0 Å². The van der Waals surface area contributed by atoms with Crippen molar-refractivity contribution in [1.29, 1.82) is 0 Å². The molecule has 1 aromatic heterocycles. The summed E-state index contributed by atoms with van der Waals surface area (Å²) in [6, 6.07) is 1.97. The van der Waals surface area contributed by atoms with Crippen LogP contribution in [0, 0.1) is 5.92 Å². The second kappa shape index (κ2) is 5.36. The summed E-state index contributed by atoms with van der Waals surface area (Å²) in [6.07, 6.45) is 6.37. The molecule has 1 aromatic rings. The molecule has 0 aliphatic heterocycles. The molecule has 12 heavy (non-hydrogen) atoms. The van der Waals surface area contributed by atoms with E-state index in [1.807, 2.05) is 23.1 Å². The Balaban J connectivity index is 2.37. The summed E-state index contributed by atoms with van der Waals surface area (Å²) in [4.78, 5) is 0. The molecule has 0 amide bonds. The van der Waals surface area contributed by atoms with Crippen molar-refractivity contribution in [2.45, 2.75) is 26.3 Å². The SMILES string of the molecule is CCCC(CBr)Cn1cccn1. The van der Waals surface area contributed by atoms with Crippen molar-refractivity contribution in [3.05, 3.63) is 18.5 Å². The van der Waals surface area contributed by atoms with Gasteiger partial charge in [0.25, 0.3) is 0 Å². The number of hydrogen-bond donors (Lipinski definition) is 0. The van der Waals surface area contributed by atoms with E-state index in [2.05, 4.69) is 28.0 Å². The Morgan fingerprint density at radius 1 is 1.58 bits per heavy atom. The third kappa shape index (κ3) is 2.97. The van der Waals surface area contributed by atoms with Crippen LogP contribution in [0.5, 0.6) is 0 Å². The molecule has 0 spiro atoms. The van der Waals surface area contributed by atoms with Crippen molar-refractivity contribution in [2.24, 2.45) is 5.92 Å². The highest BCUT2D eigenvalue weighted by atomic mass is 79.9. The smallest absolute Gasteiger partial charge is 0.0489 e. The van der Waals surface area contributed by atoms with Crippen molar-refractivity contribution in [3.63, 3.8) is 0 Å². The largest absolute Gasteiger partial charge is 0.272 e. The molecule has 0 N–H and O–H groups in total. The van der Waals surface area contributed by atoms with Gasteiger partial charge in [-0.2, -0.15) is 5.10 Å². The van der Waals surface area contributed by atoms with Crippen LogP contribution in [0.15, 0.2) is 18.5 Å². The fraction of sp³-hybridized carbons (Fsp3) is 0.667. The predicted molar refractivity (Wildman–Crippen MR) is 54.4 cm³/mol. The molecular weight excluding hydrogens is 216 g/mol. The second-order valence-electron chi connectivity index (χ2n) is 3.04. The van der Waals surface area contributed by atoms with E-state index >= 15 is 0 Å². The molecule has 0 saturated carbocycles. The predicted octanol–water partition coefficient (Wildman–Crippen LogP) is 2.69. The average Bonchev–Trinajstić information content (AvgIpc) is 2.56. The van der Waals surface area contributed by atoms with Gasteiger partial charge in [0, 0.05) is 24.3 Å². The lowest BCUT2D eigenvalue weighted by atomic mass is 10.1. The van der Waals surface area contributed by atoms with E-state index in [1.165, 1.54) is 12.8 Å². The summed E-state index contributed by atoms with van der Waals surface area (Å²) in [5.74, 6) is 0.717. The summed E-state index contributed by atoms with van der Waals surface area (Å²) in [7, 11) is 0. The van der Waals surface area contributed by atoms with Gasteiger partial charge in [0.15, 0.2) is 0 Å². The number of rotatable bonds is 5. The van der Waals surface area contributed by atoms with E-state index in [0.717, 1.165) is 17.8 Å². The van der Waals surface area contributed by atoms with Crippen LogP contribution < -0.4 is 0 Å². The molecule has 2 nitrogen and oxygen atoms in total. The summed E-state index contributed by atoms with van der Waals surface area (Å²) in [5.41, 5.74) is 0. The Bertz CT molecular complexity index is 196. The van der Waals surface area contributed by atoms with Gasteiger partial charge in [0.2, 0.25) is 0 Å². The van der Waals surface area contributed by atoms with E-state index in [9.17, 15) is 0 Å². The van der Waals surface area contributed by atoms with Crippen molar-refractivity contribution < 1.29 is 0 Å². The fourth-order valence-corrected chi connectivity index (χ4v) is 1.83. The van der Waals surface area contributed by atoms with Crippen LogP contribution in [0.3, 0.4) is 0 Å². The molecular formula is C9H15BrN2. The zero-order chi connectivity index (χ0) is 8.81. The van der Waals surface area contributed by atoms with Gasteiger partial charge < -0.3 is 0 Å². The standard InChI is InChI=1S/C9H15BrN2/c1-2-4-9(7-10)8-12-6-3-5-11-12/h3,5-6,9H,2,4,7-8H2,1H3. The Morgan fingerprint density at radius 3 is 2.92 bits per heavy atom. The molecule has 0 bridgehead atoms. The van der Waals surface area contributed by atoms with Gasteiger partial charge >= 0.3 is 0 Å². The Hall–Kier alpha value is -0.310. The Labute approximate surface area is 82.1 Å². The molecule has 68 valence electrons. The lowest BCUT2D eigenvalue weighted by Crippen LogP contribution is -2.12. The van der Waals surface area contributed by atoms with Gasteiger partial charge in [0.1, 0.15) is 0 Å². The van der Waals surface area contributed by atoms with E-state index in [0.29, 0.717) is 0 Å². The molecule has 3 heteroatoms. The maximum absolute atomic E-state index is 4.18. The van der Waals surface area contributed by atoms with Crippen LogP contribution in [0.2, 0.25) is 0 Å². The molecule has 1 unspecified atom stereocenters. The van der Waals surface area contributed by atoms with E-state index in [-0.39, 0.29) is 0 Å². The van der Waals surface area contributed by atoms with Crippen molar-refractivity contribution in [3.8, 4) is 0 Å². The van der Waals surface area contributed by atoms with E-state index in [1.54, 1.807) is 0 Å². The molecule has 1 atom stereocenters. The molecule has 0 aliphatic rings. The molecule has 0 aromatic carbocycles. The maximum Gasteiger partial charge on any atom is 0.0489 e. The molecule has 0 radical (unpaired) electrons. The first-order valence-electron chi connectivity index (χ1n) is 4.40. The summed E-state index contributed by atoms with van der Waals surface area (Å²) in [6.45, 7) is 3.25. The molecule has 0 aliphatic carbocycles. The normalized spacial score (nSPS) is 13.2. The molecule has 0 fully saturated rings. The molecule has 0 saturated heterocycles. The first-order chi connectivity index (χ1) is 5.86. The number of alkyl halides is 1. The first kappa shape index (κ1) is 9.78. The third-order valence-corrected chi connectivity index (χ3v) is 2.84. The highest BCUT2D eigenvalue weighted by Gasteiger charge is 2.06. The first-order valence-corrected chi connectivity index (χ1v) is 5.52. The summed E-state index contributed by atoms with van der Waals surface area (Å²) < 4.78 is 2.00. The van der Waals surface area contributed by atoms with Crippen molar-refractivity contribution in [1.82, 2.24) is 9.78 Å². The lowest BCUT2D eigenvalue weighted by Gasteiger charge is -2.12.